The molecular weight excluding hydrogens is 296 g/mol. The summed E-state index contributed by atoms with van der Waals surface area (Å²) in [6.07, 6.45) is 9.76. The Balaban J connectivity index is 1.58. The zero-order chi connectivity index (χ0) is 17.3. The van der Waals surface area contributed by atoms with Crippen LogP contribution < -0.4 is 0 Å². The largest absolute Gasteiger partial charge is 0.393 e. The number of hydrogen-bond acceptors (Lipinski definition) is 2. The van der Waals surface area contributed by atoms with E-state index in [-0.39, 0.29) is 6.10 Å². The highest BCUT2D eigenvalue weighted by Gasteiger charge is 2.60. The second-order valence-corrected chi connectivity index (χ2v) is 10.7. The zero-order valence-electron chi connectivity index (χ0n) is 16.2. The normalized spacial score (nSPS) is 58.5. The maximum absolute atomic E-state index is 10.5. The molecule has 0 amide bonds. The molecule has 0 aromatic rings. The minimum atomic E-state index is -0.407. The average Bonchev–Trinajstić information content (AvgIpc) is 2.77. The Bertz CT molecular complexity index is 484. The van der Waals surface area contributed by atoms with Crippen LogP contribution in [0.15, 0.2) is 0 Å². The summed E-state index contributed by atoms with van der Waals surface area (Å²) in [5.41, 5.74) is -0.0446. The van der Waals surface area contributed by atoms with Gasteiger partial charge in [-0.1, -0.05) is 13.8 Å². The van der Waals surface area contributed by atoms with Gasteiger partial charge in [0.05, 0.1) is 11.7 Å². The summed E-state index contributed by atoms with van der Waals surface area (Å²) in [7, 11) is 0. The van der Waals surface area contributed by atoms with Gasteiger partial charge >= 0.3 is 0 Å². The van der Waals surface area contributed by atoms with Gasteiger partial charge in [-0.2, -0.15) is 0 Å². The third-order valence-corrected chi connectivity index (χ3v) is 9.20. The van der Waals surface area contributed by atoms with Crippen molar-refractivity contribution >= 4 is 0 Å². The van der Waals surface area contributed by atoms with Gasteiger partial charge in [0.2, 0.25) is 0 Å². The van der Waals surface area contributed by atoms with Crippen LogP contribution in [0.4, 0.5) is 0 Å². The van der Waals surface area contributed by atoms with E-state index < -0.39 is 5.60 Å². The second kappa shape index (κ2) is 5.71. The molecule has 2 nitrogen and oxygen atoms in total. The van der Waals surface area contributed by atoms with Crippen LogP contribution in [0.1, 0.15) is 79.1 Å². The lowest BCUT2D eigenvalue weighted by molar-refractivity contribution is -0.111. The van der Waals surface area contributed by atoms with Gasteiger partial charge in [-0.05, 0) is 112 Å². The average molecular weight is 335 g/mol. The van der Waals surface area contributed by atoms with Crippen molar-refractivity contribution in [1.82, 2.24) is 0 Å². The molecule has 4 aliphatic rings. The van der Waals surface area contributed by atoms with Gasteiger partial charge in [-0.3, -0.25) is 0 Å². The summed E-state index contributed by atoms with van der Waals surface area (Å²) >= 11 is 0. The molecule has 0 bridgehead atoms. The molecule has 4 rings (SSSR count). The van der Waals surface area contributed by atoms with Crippen molar-refractivity contribution in [3.63, 3.8) is 0 Å². The van der Waals surface area contributed by atoms with Crippen molar-refractivity contribution in [2.75, 3.05) is 0 Å². The van der Waals surface area contributed by atoms with Gasteiger partial charge in [0.1, 0.15) is 0 Å². The molecule has 2 heteroatoms. The fourth-order valence-electron chi connectivity index (χ4n) is 8.43. The monoisotopic (exact) mass is 334 g/mol. The lowest BCUT2D eigenvalue weighted by Gasteiger charge is -2.57. The predicted octanol–water partition coefficient (Wildman–Crippen LogP) is 4.63. The molecule has 0 radical (unpaired) electrons. The minimum Gasteiger partial charge on any atom is -0.393 e. The number of hydrogen-bond donors (Lipinski definition) is 2. The molecule has 0 aromatic heterocycles. The fourth-order valence-corrected chi connectivity index (χ4v) is 8.43. The highest BCUT2D eigenvalue weighted by atomic mass is 16.3. The fraction of sp³-hybridized carbons (Fsp3) is 1.00. The van der Waals surface area contributed by atoms with Gasteiger partial charge < -0.3 is 10.2 Å². The molecule has 10 atom stereocenters. The molecule has 138 valence electrons. The van der Waals surface area contributed by atoms with Crippen LogP contribution in [0.5, 0.6) is 0 Å². The highest BCUT2D eigenvalue weighted by molar-refractivity contribution is 5.09. The molecule has 0 heterocycles. The van der Waals surface area contributed by atoms with Gasteiger partial charge in [-0.15, -0.1) is 0 Å². The number of fused-ring (bicyclic) bond motifs is 5. The summed E-state index contributed by atoms with van der Waals surface area (Å²) < 4.78 is 0. The molecule has 0 spiro atoms. The SMILES string of the molecule is CC(O)[C@H]1C[C@@H](C)[C@H]2C3CC[C@@H]4C[C@](C)(O)CC[C@@H]4[C@H]3CC[C@]12C. The van der Waals surface area contributed by atoms with Gasteiger partial charge in [-0.25, -0.2) is 0 Å². The van der Waals surface area contributed by atoms with Crippen LogP contribution in [0.25, 0.3) is 0 Å². The molecule has 2 unspecified atom stereocenters. The highest BCUT2D eigenvalue weighted by Crippen LogP contribution is 2.66. The minimum absolute atomic E-state index is 0.153. The van der Waals surface area contributed by atoms with E-state index >= 15 is 0 Å². The lowest BCUT2D eigenvalue weighted by Crippen LogP contribution is -2.51. The number of aliphatic hydroxyl groups is 2. The van der Waals surface area contributed by atoms with Crippen molar-refractivity contribution in [3.8, 4) is 0 Å². The third kappa shape index (κ3) is 2.50. The summed E-state index contributed by atoms with van der Waals surface area (Å²) in [6, 6.07) is 0. The standard InChI is InChI=1S/C22H38O2/c1-13-11-19(14(2)23)22(4)10-8-17-16-7-9-21(3,24)12-15(16)5-6-18(17)20(13)22/h13-20,23-24H,5-12H2,1-4H3/t13-,14?,15-,16+,17-,18?,19-,20+,21-,22-/m1/s1. The van der Waals surface area contributed by atoms with Gasteiger partial charge in [0.15, 0.2) is 0 Å². The van der Waals surface area contributed by atoms with Crippen molar-refractivity contribution in [1.29, 1.82) is 0 Å². The van der Waals surface area contributed by atoms with Crippen molar-refractivity contribution in [2.45, 2.75) is 90.8 Å². The summed E-state index contributed by atoms with van der Waals surface area (Å²) in [5.74, 6) is 5.50. The van der Waals surface area contributed by atoms with E-state index in [4.69, 9.17) is 0 Å². The maximum atomic E-state index is 10.5. The molecule has 4 saturated carbocycles. The Labute approximate surface area is 148 Å². The van der Waals surface area contributed by atoms with Crippen LogP contribution in [-0.4, -0.2) is 21.9 Å². The van der Waals surface area contributed by atoms with E-state index in [1.165, 1.54) is 38.5 Å². The predicted molar refractivity (Wildman–Crippen MR) is 97.5 cm³/mol. The summed E-state index contributed by atoms with van der Waals surface area (Å²) in [6.45, 7) is 9.05. The Morgan fingerprint density at radius 2 is 1.67 bits per heavy atom. The van der Waals surface area contributed by atoms with E-state index in [0.29, 0.717) is 11.3 Å². The van der Waals surface area contributed by atoms with Crippen LogP contribution in [0.3, 0.4) is 0 Å². The van der Waals surface area contributed by atoms with Crippen LogP contribution in [-0.2, 0) is 0 Å². The van der Waals surface area contributed by atoms with E-state index in [1.807, 2.05) is 6.92 Å². The van der Waals surface area contributed by atoms with Crippen LogP contribution >= 0.6 is 0 Å². The second-order valence-electron chi connectivity index (χ2n) is 10.7. The molecular formula is C22H38O2. The third-order valence-electron chi connectivity index (χ3n) is 9.20. The Morgan fingerprint density at radius 1 is 0.958 bits per heavy atom. The topological polar surface area (TPSA) is 40.5 Å². The van der Waals surface area contributed by atoms with Gasteiger partial charge in [0, 0.05) is 0 Å². The Kier molecular flexibility index (Phi) is 4.12. The van der Waals surface area contributed by atoms with Crippen molar-refractivity contribution in [3.05, 3.63) is 0 Å². The molecule has 4 aliphatic carbocycles. The van der Waals surface area contributed by atoms with Crippen LogP contribution in [0.2, 0.25) is 0 Å². The van der Waals surface area contributed by atoms with E-state index in [1.54, 1.807) is 0 Å². The molecule has 0 saturated heterocycles. The smallest absolute Gasteiger partial charge is 0.0622 e. The maximum Gasteiger partial charge on any atom is 0.0622 e. The Hall–Kier alpha value is -0.0800. The van der Waals surface area contributed by atoms with Gasteiger partial charge in [0.25, 0.3) is 0 Å². The zero-order valence-corrected chi connectivity index (χ0v) is 16.2. The molecule has 0 aromatic carbocycles. The van der Waals surface area contributed by atoms with E-state index in [0.717, 1.165) is 48.3 Å². The van der Waals surface area contributed by atoms with Crippen molar-refractivity contribution in [2.24, 2.45) is 46.8 Å². The lowest BCUT2D eigenvalue weighted by atomic mass is 9.48. The van der Waals surface area contributed by atoms with Crippen LogP contribution in [0, 0.1) is 46.8 Å². The molecule has 4 fully saturated rings. The number of rotatable bonds is 1. The number of aliphatic hydroxyl groups excluding tert-OH is 1. The first-order valence-corrected chi connectivity index (χ1v) is 10.6. The first kappa shape index (κ1) is 17.3. The van der Waals surface area contributed by atoms with E-state index in [9.17, 15) is 10.2 Å². The Morgan fingerprint density at radius 3 is 2.38 bits per heavy atom. The first-order chi connectivity index (χ1) is 11.2. The van der Waals surface area contributed by atoms with E-state index in [2.05, 4.69) is 20.8 Å². The summed E-state index contributed by atoms with van der Waals surface area (Å²) in [4.78, 5) is 0. The molecule has 24 heavy (non-hydrogen) atoms. The summed E-state index contributed by atoms with van der Waals surface area (Å²) in [5, 5.41) is 20.9. The first-order valence-electron chi connectivity index (χ1n) is 10.6. The molecule has 2 N–H and O–H groups in total. The molecule has 0 aliphatic heterocycles. The van der Waals surface area contributed by atoms with Crippen molar-refractivity contribution < 1.29 is 10.2 Å². The quantitative estimate of drug-likeness (QED) is 0.734.